The fourth-order valence-electron chi connectivity index (χ4n) is 1.93. The molecule has 6 nitrogen and oxygen atoms in total. The van der Waals surface area contributed by atoms with Crippen LogP contribution in [0, 0.1) is 0 Å². The zero-order valence-corrected chi connectivity index (χ0v) is 18.7. The molecule has 0 aliphatic heterocycles. The van der Waals surface area contributed by atoms with Crippen molar-refractivity contribution in [3.63, 3.8) is 0 Å². The van der Waals surface area contributed by atoms with Gasteiger partial charge in [-0.3, -0.25) is 4.79 Å². The third-order valence-corrected chi connectivity index (χ3v) is 2.34. The molecule has 0 aliphatic carbocycles. The first-order valence-electron chi connectivity index (χ1n) is 7.66. The number of nitrogens with one attached hydrogen (secondary N) is 1. The molecule has 1 amide bonds. The number of nitrogens with zero attached hydrogens (tertiary/aromatic N) is 2. The molecule has 7 heteroatoms. The van der Waals surface area contributed by atoms with Gasteiger partial charge < -0.3 is 16.0 Å². The van der Waals surface area contributed by atoms with Crippen LogP contribution in [0.4, 0.5) is 0 Å². The van der Waals surface area contributed by atoms with Crippen LogP contribution >= 0.6 is 0 Å². The third-order valence-electron chi connectivity index (χ3n) is 2.34. The molecule has 0 aromatic heterocycles. The summed E-state index contributed by atoms with van der Waals surface area (Å²) in [5, 5.41) is 12.4. The van der Waals surface area contributed by atoms with Gasteiger partial charge in [0.05, 0.1) is 0 Å². The van der Waals surface area contributed by atoms with E-state index in [1.165, 1.54) is 0 Å². The molecule has 0 unspecified atom stereocenters. The molecule has 1 N–H and O–H groups in total. The molecule has 138 valence electrons. The Hall–Kier alpha value is -0.374. The predicted octanol–water partition coefficient (Wildman–Crippen LogP) is 3.76. The minimum atomic E-state index is -2.08. The SMILES string of the molecule is C[C@@H]([N-]C(C)(C)C)[C@H]([N-]C(C)(C)C)C(=O)NC(C)(C)C.[O]=[Os+2]=[O]. The van der Waals surface area contributed by atoms with Crippen molar-refractivity contribution >= 4 is 5.91 Å². The van der Waals surface area contributed by atoms with Crippen molar-refractivity contribution in [1.29, 1.82) is 0 Å². The molecule has 0 saturated heterocycles. The average Bonchev–Trinajstić information content (AvgIpc) is 2.20. The molecule has 0 radical (unpaired) electrons. The van der Waals surface area contributed by atoms with Crippen molar-refractivity contribution in [3.8, 4) is 0 Å². The molecule has 0 saturated carbocycles. The van der Waals surface area contributed by atoms with Crippen molar-refractivity contribution in [3.05, 3.63) is 10.6 Å². The van der Waals surface area contributed by atoms with E-state index in [0.717, 1.165) is 0 Å². The summed E-state index contributed by atoms with van der Waals surface area (Å²) in [5.74, 6) is -0.0482. The van der Waals surface area contributed by atoms with Crippen molar-refractivity contribution in [2.75, 3.05) is 0 Å². The van der Waals surface area contributed by atoms with Gasteiger partial charge in [-0.2, -0.15) is 0 Å². The third kappa shape index (κ3) is 16.3. The van der Waals surface area contributed by atoms with Crippen molar-refractivity contribution in [1.82, 2.24) is 5.32 Å². The normalized spacial score (nSPS) is 15.0. The molecule has 0 aliphatic rings. The molecule has 0 aromatic rings. The van der Waals surface area contributed by atoms with E-state index in [9.17, 15) is 4.79 Å². The van der Waals surface area contributed by atoms with E-state index in [1.54, 1.807) is 0 Å². The molecule has 0 rings (SSSR count). The average molecular weight is 506 g/mol. The number of amides is 1. The van der Waals surface area contributed by atoms with Crippen LogP contribution in [-0.4, -0.2) is 34.6 Å². The summed E-state index contributed by atoms with van der Waals surface area (Å²) in [6.45, 7) is 20.0. The molecule has 0 fully saturated rings. The summed E-state index contributed by atoms with van der Waals surface area (Å²) in [7, 11) is 0. The van der Waals surface area contributed by atoms with Crippen LogP contribution < -0.4 is 5.32 Å². The number of rotatable bonds is 4. The van der Waals surface area contributed by atoms with E-state index in [0.29, 0.717) is 0 Å². The van der Waals surface area contributed by atoms with Gasteiger partial charge in [-0.1, -0.05) is 54.5 Å². The fraction of sp³-hybridized carbons (Fsp3) is 0.938. The molecular formula is C16H33N3O3Os. The van der Waals surface area contributed by atoms with Gasteiger partial charge in [0.25, 0.3) is 0 Å². The first kappa shape index (κ1) is 24.9. The summed E-state index contributed by atoms with van der Waals surface area (Å²) in [5.41, 5.74) is -0.696. The van der Waals surface area contributed by atoms with Crippen LogP contribution in [0.25, 0.3) is 10.6 Å². The zero-order valence-electron chi connectivity index (χ0n) is 16.1. The Bertz CT molecular complexity index is 400. The van der Waals surface area contributed by atoms with Crippen LogP contribution in [0.1, 0.15) is 69.2 Å². The Labute approximate surface area is 149 Å². The molecule has 0 heterocycles. The van der Waals surface area contributed by atoms with Gasteiger partial charge in [0.1, 0.15) is 0 Å². The van der Waals surface area contributed by atoms with Crippen molar-refractivity contribution < 1.29 is 29.2 Å². The van der Waals surface area contributed by atoms with Gasteiger partial charge in [0.15, 0.2) is 0 Å². The number of carbonyl (C=O) groups is 1. The number of hydrogen-bond donors (Lipinski definition) is 1. The first-order valence-corrected chi connectivity index (χ1v) is 9.73. The van der Waals surface area contributed by atoms with Gasteiger partial charge in [0, 0.05) is 5.54 Å². The second-order valence-corrected chi connectivity index (χ2v) is 9.01. The van der Waals surface area contributed by atoms with Crippen molar-refractivity contribution in [2.45, 2.75) is 97.9 Å². The monoisotopic (exact) mass is 507 g/mol. The van der Waals surface area contributed by atoms with Gasteiger partial charge >= 0.3 is 24.4 Å². The summed E-state index contributed by atoms with van der Waals surface area (Å²) in [6, 6.07) is -0.593. The quantitative estimate of drug-likeness (QED) is 0.631. The van der Waals surface area contributed by atoms with Crippen LogP contribution in [0.15, 0.2) is 0 Å². The van der Waals surface area contributed by atoms with E-state index in [4.69, 9.17) is 12.4 Å². The van der Waals surface area contributed by atoms with E-state index < -0.39 is 23.4 Å². The van der Waals surface area contributed by atoms with E-state index in [1.807, 2.05) is 69.2 Å². The Kier molecular flexibility index (Phi) is 10.6. The fourth-order valence-corrected chi connectivity index (χ4v) is 1.93. The van der Waals surface area contributed by atoms with E-state index in [2.05, 4.69) is 10.6 Å². The van der Waals surface area contributed by atoms with Crippen LogP contribution in [0.5, 0.6) is 0 Å². The Morgan fingerprint density at radius 1 is 0.870 bits per heavy atom. The Balaban J connectivity index is 0. The second kappa shape index (κ2) is 9.81. The molecule has 0 spiro atoms. The number of hydrogen-bond acceptors (Lipinski definition) is 3. The first-order chi connectivity index (χ1) is 10.0. The molecule has 0 aromatic carbocycles. The summed E-state index contributed by atoms with van der Waals surface area (Å²) in [4.78, 5) is 12.5. The van der Waals surface area contributed by atoms with Crippen LogP contribution in [0.3, 0.4) is 0 Å². The summed E-state index contributed by atoms with van der Waals surface area (Å²) < 4.78 is 17.0. The van der Waals surface area contributed by atoms with Gasteiger partial charge in [0.2, 0.25) is 5.91 Å². The standard InChI is InChI=1S/C16H33N3O.2O.Os/c1-11(17-14(2,3)4)12(18-15(5,6)7)13(20)19-16(8,9)10;;;/h11-12H,1-10H3,(H,19,20);;;/q-2;;;+2/t11-,12+;;;/m1.../s1. The molecular weight excluding hydrogens is 472 g/mol. The second-order valence-electron chi connectivity index (χ2n) is 8.58. The molecule has 0 bridgehead atoms. The van der Waals surface area contributed by atoms with Crippen LogP contribution in [0.2, 0.25) is 0 Å². The zero-order chi connectivity index (χ0) is 19.1. The van der Waals surface area contributed by atoms with Gasteiger partial charge in [-0.15, -0.1) is 17.1 Å². The van der Waals surface area contributed by atoms with Crippen LogP contribution in [-0.2, 0) is 29.2 Å². The summed E-state index contributed by atoms with van der Waals surface area (Å²) in [6.07, 6.45) is 0. The minimum absolute atomic E-state index is 0.0482. The van der Waals surface area contributed by atoms with E-state index >= 15 is 0 Å². The topological polar surface area (TPSA) is 91.4 Å². The maximum absolute atomic E-state index is 12.5. The Morgan fingerprint density at radius 3 is 1.48 bits per heavy atom. The summed E-state index contributed by atoms with van der Waals surface area (Å²) >= 11 is -2.08. The molecule has 23 heavy (non-hydrogen) atoms. The Morgan fingerprint density at radius 2 is 1.22 bits per heavy atom. The molecule has 2 atom stereocenters. The maximum atomic E-state index is 12.5. The van der Waals surface area contributed by atoms with Crippen molar-refractivity contribution in [2.24, 2.45) is 0 Å². The predicted molar refractivity (Wildman–Crippen MR) is 88.7 cm³/mol. The van der Waals surface area contributed by atoms with E-state index in [-0.39, 0.29) is 28.6 Å². The van der Waals surface area contributed by atoms with Gasteiger partial charge in [-0.25, -0.2) is 0 Å². The van der Waals surface area contributed by atoms with Gasteiger partial charge in [-0.05, 0) is 20.8 Å². The number of carbonyl (C=O) groups excluding carboxylic acids is 1.